The summed E-state index contributed by atoms with van der Waals surface area (Å²) in [5.41, 5.74) is 6.24. The third-order valence-corrected chi connectivity index (χ3v) is 3.97. The molecule has 0 bridgehead atoms. The summed E-state index contributed by atoms with van der Waals surface area (Å²) in [6, 6.07) is 7.75. The van der Waals surface area contributed by atoms with Crippen LogP contribution in [0, 0.1) is 0 Å². The number of hydrogen-bond donors (Lipinski definition) is 2. The normalized spacial score (nSPS) is 23.8. The molecule has 1 heterocycles. The number of nitrogens with two attached hydrogens (primary N) is 1. The van der Waals surface area contributed by atoms with Crippen molar-refractivity contribution in [2.24, 2.45) is 5.73 Å². The standard InChI is InChI=1S/C14H19ClN2O/c15-12-5-3-11(4-6-12)7-9-14(13(16)18)8-1-2-10-17-14/h3-6,17H,1-2,7-10H2,(H2,16,18). The van der Waals surface area contributed by atoms with E-state index in [1.54, 1.807) is 0 Å². The van der Waals surface area contributed by atoms with Crippen LogP contribution in [0.25, 0.3) is 0 Å². The van der Waals surface area contributed by atoms with Crippen LogP contribution in [0.2, 0.25) is 5.02 Å². The minimum absolute atomic E-state index is 0.226. The van der Waals surface area contributed by atoms with Gasteiger partial charge in [0.25, 0.3) is 0 Å². The Labute approximate surface area is 113 Å². The predicted molar refractivity (Wildman–Crippen MR) is 73.6 cm³/mol. The van der Waals surface area contributed by atoms with Crippen molar-refractivity contribution in [2.45, 2.75) is 37.6 Å². The number of nitrogens with one attached hydrogen (secondary N) is 1. The SMILES string of the molecule is NC(=O)C1(CCc2ccc(Cl)cc2)CCCCN1. The van der Waals surface area contributed by atoms with Crippen molar-refractivity contribution >= 4 is 17.5 Å². The van der Waals surface area contributed by atoms with Crippen molar-refractivity contribution < 1.29 is 4.79 Å². The van der Waals surface area contributed by atoms with Crippen LogP contribution in [0.15, 0.2) is 24.3 Å². The van der Waals surface area contributed by atoms with Crippen molar-refractivity contribution in [3.8, 4) is 0 Å². The van der Waals surface area contributed by atoms with Crippen molar-refractivity contribution in [1.82, 2.24) is 5.32 Å². The van der Waals surface area contributed by atoms with E-state index >= 15 is 0 Å². The van der Waals surface area contributed by atoms with Crippen LogP contribution >= 0.6 is 11.6 Å². The fraction of sp³-hybridized carbons (Fsp3) is 0.500. The summed E-state index contributed by atoms with van der Waals surface area (Å²) in [6.07, 6.45) is 4.62. The second-order valence-electron chi connectivity index (χ2n) is 4.96. The maximum absolute atomic E-state index is 11.7. The number of carbonyl (C=O) groups excluding carboxylic acids is 1. The maximum Gasteiger partial charge on any atom is 0.237 e. The molecule has 2 rings (SSSR count). The van der Waals surface area contributed by atoms with Gasteiger partial charge in [0, 0.05) is 5.02 Å². The van der Waals surface area contributed by atoms with E-state index in [4.69, 9.17) is 17.3 Å². The molecule has 4 heteroatoms. The monoisotopic (exact) mass is 266 g/mol. The Kier molecular flexibility index (Phi) is 4.25. The van der Waals surface area contributed by atoms with Crippen LogP contribution < -0.4 is 11.1 Å². The average Bonchev–Trinajstić information content (AvgIpc) is 2.39. The Morgan fingerprint density at radius 3 is 2.61 bits per heavy atom. The number of halogens is 1. The largest absolute Gasteiger partial charge is 0.368 e. The third-order valence-electron chi connectivity index (χ3n) is 3.72. The van der Waals surface area contributed by atoms with Gasteiger partial charge in [0.15, 0.2) is 0 Å². The molecule has 1 fully saturated rings. The number of piperidine rings is 1. The van der Waals surface area contributed by atoms with Crippen LogP contribution in [0.3, 0.4) is 0 Å². The summed E-state index contributed by atoms with van der Waals surface area (Å²) in [6.45, 7) is 0.879. The molecule has 1 unspecified atom stereocenters. The molecule has 0 spiro atoms. The van der Waals surface area contributed by atoms with E-state index in [2.05, 4.69) is 5.32 Å². The first-order valence-electron chi connectivity index (χ1n) is 6.42. The minimum Gasteiger partial charge on any atom is -0.368 e. The second kappa shape index (κ2) is 5.72. The van der Waals surface area contributed by atoms with Gasteiger partial charge in [-0.05, 0) is 56.3 Å². The molecule has 1 aliphatic rings. The summed E-state index contributed by atoms with van der Waals surface area (Å²) >= 11 is 5.85. The lowest BCUT2D eigenvalue weighted by atomic mass is 9.83. The molecule has 0 radical (unpaired) electrons. The lowest BCUT2D eigenvalue weighted by molar-refractivity contribution is -0.125. The zero-order valence-electron chi connectivity index (χ0n) is 10.4. The molecule has 1 atom stereocenters. The lowest BCUT2D eigenvalue weighted by Crippen LogP contribution is -2.57. The summed E-state index contributed by atoms with van der Waals surface area (Å²) in [4.78, 5) is 11.7. The summed E-state index contributed by atoms with van der Waals surface area (Å²) in [5, 5.41) is 4.05. The predicted octanol–water partition coefficient (Wildman–Crippen LogP) is 2.27. The second-order valence-corrected chi connectivity index (χ2v) is 5.39. The smallest absolute Gasteiger partial charge is 0.237 e. The van der Waals surface area contributed by atoms with Gasteiger partial charge in [0.2, 0.25) is 5.91 Å². The Morgan fingerprint density at radius 2 is 2.06 bits per heavy atom. The molecular formula is C14H19ClN2O. The number of rotatable bonds is 4. The van der Waals surface area contributed by atoms with Gasteiger partial charge in [0.1, 0.15) is 0 Å². The molecule has 3 N–H and O–H groups in total. The van der Waals surface area contributed by atoms with E-state index in [1.165, 1.54) is 5.56 Å². The zero-order chi connectivity index (χ0) is 13.0. The van der Waals surface area contributed by atoms with Crippen LogP contribution in [-0.2, 0) is 11.2 Å². The Morgan fingerprint density at radius 1 is 1.33 bits per heavy atom. The van der Waals surface area contributed by atoms with E-state index in [0.29, 0.717) is 0 Å². The van der Waals surface area contributed by atoms with Gasteiger partial charge < -0.3 is 11.1 Å². The van der Waals surface area contributed by atoms with E-state index in [0.717, 1.165) is 43.7 Å². The molecule has 0 aromatic heterocycles. The number of aryl methyl sites for hydroxylation is 1. The van der Waals surface area contributed by atoms with Crippen molar-refractivity contribution in [3.63, 3.8) is 0 Å². The lowest BCUT2D eigenvalue weighted by Gasteiger charge is -2.35. The Bertz CT molecular complexity index is 410. The van der Waals surface area contributed by atoms with Crippen LogP contribution in [0.5, 0.6) is 0 Å². The minimum atomic E-state index is -0.516. The van der Waals surface area contributed by atoms with Gasteiger partial charge in [0.05, 0.1) is 5.54 Å². The Balaban J connectivity index is 2.01. The highest BCUT2D eigenvalue weighted by Crippen LogP contribution is 2.25. The van der Waals surface area contributed by atoms with Gasteiger partial charge in [-0.3, -0.25) is 4.79 Å². The number of benzene rings is 1. The molecule has 1 saturated heterocycles. The topological polar surface area (TPSA) is 55.1 Å². The highest BCUT2D eigenvalue weighted by molar-refractivity contribution is 6.30. The summed E-state index contributed by atoms with van der Waals surface area (Å²) < 4.78 is 0. The third kappa shape index (κ3) is 3.03. The highest BCUT2D eigenvalue weighted by Gasteiger charge is 2.36. The number of carbonyl (C=O) groups is 1. The van der Waals surface area contributed by atoms with Gasteiger partial charge in [-0.1, -0.05) is 23.7 Å². The van der Waals surface area contributed by atoms with Crippen LogP contribution in [0.1, 0.15) is 31.2 Å². The molecule has 3 nitrogen and oxygen atoms in total. The molecule has 1 aromatic rings. The van der Waals surface area contributed by atoms with E-state index < -0.39 is 5.54 Å². The van der Waals surface area contributed by atoms with E-state index in [9.17, 15) is 4.79 Å². The van der Waals surface area contributed by atoms with Crippen molar-refractivity contribution in [2.75, 3.05) is 6.54 Å². The van der Waals surface area contributed by atoms with Crippen molar-refractivity contribution in [3.05, 3.63) is 34.9 Å². The summed E-state index contributed by atoms with van der Waals surface area (Å²) in [5.74, 6) is -0.226. The first kappa shape index (κ1) is 13.4. The fourth-order valence-corrected chi connectivity index (χ4v) is 2.65. The zero-order valence-corrected chi connectivity index (χ0v) is 11.2. The fourth-order valence-electron chi connectivity index (χ4n) is 2.52. The Hall–Kier alpha value is -1.06. The van der Waals surface area contributed by atoms with E-state index in [1.807, 2.05) is 24.3 Å². The molecule has 1 aliphatic heterocycles. The molecule has 18 heavy (non-hydrogen) atoms. The number of primary amides is 1. The average molecular weight is 267 g/mol. The van der Waals surface area contributed by atoms with E-state index in [-0.39, 0.29) is 5.91 Å². The highest BCUT2D eigenvalue weighted by atomic mass is 35.5. The number of amides is 1. The van der Waals surface area contributed by atoms with Gasteiger partial charge in [-0.15, -0.1) is 0 Å². The molecular weight excluding hydrogens is 248 g/mol. The summed E-state index contributed by atoms with van der Waals surface area (Å²) in [7, 11) is 0. The van der Waals surface area contributed by atoms with Gasteiger partial charge in [-0.25, -0.2) is 0 Å². The first-order valence-corrected chi connectivity index (χ1v) is 6.80. The quantitative estimate of drug-likeness (QED) is 0.878. The molecule has 1 aromatic carbocycles. The maximum atomic E-state index is 11.7. The molecule has 0 saturated carbocycles. The molecule has 0 aliphatic carbocycles. The van der Waals surface area contributed by atoms with Gasteiger partial charge in [-0.2, -0.15) is 0 Å². The number of hydrogen-bond acceptors (Lipinski definition) is 2. The van der Waals surface area contributed by atoms with Crippen molar-refractivity contribution in [1.29, 1.82) is 0 Å². The van der Waals surface area contributed by atoms with Gasteiger partial charge >= 0.3 is 0 Å². The molecule has 98 valence electrons. The van der Waals surface area contributed by atoms with Crippen LogP contribution in [0.4, 0.5) is 0 Å². The van der Waals surface area contributed by atoms with Crippen LogP contribution in [-0.4, -0.2) is 18.0 Å². The molecule has 1 amide bonds. The first-order chi connectivity index (χ1) is 8.62.